The van der Waals surface area contributed by atoms with E-state index in [0.29, 0.717) is 17.7 Å². The molecule has 1 amide bonds. The van der Waals surface area contributed by atoms with E-state index in [-0.39, 0.29) is 24.1 Å². The van der Waals surface area contributed by atoms with Crippen molar-refractivity contribution in [2.45, 2.75) is 25.8 Å². The molecule has 0 saturated heterocycles. The normalized spacial score (nSPS) is 12.9. The number of rotatable bonds is 8. The summed E-state index contributed by atoms with van der Waals surface area (Å²) in [6.07, 6.45) is 0.682. The Bertz CT molecular complexity index is 761. The average molecular weight is 359 g/mol. The van der Waals surface area contributed by atoms with E-state index in [1.807, 2.05) is 6.92 Å². The second kappa shape index (κ2) is 8.99. The van der Waals surface area contributed by atoms with Crippen molar-refractivity contribution in [2.24, 2.45) is 5.92 Å². The number of benzene rings is 2. The molecule has 0 spiro atoms. The SMILES string of the molecule is COc1ccc(C(NC(=O)CC(C)Cc2cccc(F)c2)C(=O)O)cc1. The van der Waals surface area contributed by atoms with E-state index in [4.69, 9.17) is 4.74 Å². The molecule has 0 aliphatic carbocycles. The number of methoxy groups -OCH3 is 1. The van der Waals surface area contributed by atoms with Crippen LogP contribution in [0.25, 0.3) is 0 Å². The molecule has 0 aromatic heterocycles. The van der Waals surface area contributed by atoms with Crippen LogP contribution in [-0.4, -0.2) is 24.1 Å². The van der Waals surface area contributed by atoms with Crippen molar-refractivity contribution in [3.8, 4) is 5.75 Å². The fourth-order valence-corrected chi connectivity index (χ4v) is 2.76. The molecule has 6 heteroatoms. The second-order valence-corrected chi connectivity index (χ2v) is 6.26. The number of hydrogen-bond donors (Lipinski definition) is 2. The lowest BCUT2D eigenvalue weighted by atomic mass is 9.97. The number of amides is 1. The summed E-state index contributed by atoms with van der Waals surface area (Å²) in [5.74, 6) is -1.27. The van der Waals surface area contributed by atoms with Crippen LogP contribution < -0.4 is 10.1 Å². The first kappa shape index (κ1) is 19.4. The number of carbonyl (C=O) groups excluding carboxylic acids is 1. The van der Waals surface area contributed by atoms with E-state index in [9.17, 15) is 19.1 Å². The zero-order chi connectivity index (χ0) is 19.1. The smallest absolute Gasteiger partial charge is 0.330 e. The summed E-state index contributed by atoms with van der Waals surface area (Å²) in [6.45, 7) is 1.87. The van der Waals surface area contributed by atoms with Crippen LogP contribution in [0.1, 0.15) is 30.5 Å². The van der Waals surface area contributed by atoms with Gasteiger partial charge in [-0.15, -0.1) is 0 Å². The molecule has 2 unspecified atom stereocenters. The Kier molecular flexibility index (Phi) is 6.72. The first-order chi connectivity index (χ1) is 12.4. The molecule has 2 aromatic rings. The highest BCUT2D eigenvalue weighted by molar-refractivity contribution is 5.84. The Labute approximate surface area is 151 Å². The van der Waals surface area contributed by atoms with E-state index in [1.54, 1.807) is 36.4 Å². The highest BCUT2D eigenvalue weighted by atomic mass is 19.1. The minimum absolute atomic E-state index is 0.0536. The minimum atomic E-state index is -1.14. The predicted molar refractivity (Wildman–Crippen MR) is 95.4 cm³/mol. The highest BCUT2D eigenvalue weighted by Gasteiger charge is 2.23. The van der Waals surface area contributed by atoms with Gasteiger partial charge in [-0.1, -0.05) is 31.2 Å². The van der Waals surface area contributed by atoms with Gasteiger partial charge in [-0.2, -0.15) is 0 Å². The first-order valence-corrected chi connectivity index (χ1v) is 8.29. The monoisotopic (exact) mass is 359 g/mol. The molecule has 0 aliphatic heterocycles. The average Bonchev–Trinajstić information content (AvgIpc) is 2.59. The number of ether oxygens (including phenoxy) is 1. The van der Waals surface area contributed by atoms with Gasteiger partial charge in [-0.25, -0.2) is 9.18 Å². The Morgan fingerprint density at radius 1 is 1.19 bits per heavy atom. The van der Waals surface area contributed by atoms with E-state index in [2.05, 4.69) is 5.32 Å². The quantitative estimate of drug-likeness (QED) is 0.758. The third-order valence-corrected chi connectivity index (χ3v) is 4.01. The van der Waals surface area contributed by atoms with Gasteiger partial charge < -0.3 is 15.2 Å². The van der Waals surface area contributed by atoms with Gasteiger partial charge in [0.1, 0.15) is 11.6 Å². The van der Waals surface area contributed by atoms with Crippen LogP contribution in [0.2, 0.25) is 0 Å². The van der Waals surface area contributed by atoms with Gasteiger partial charge in [0, 0.05) is 6.42 Å². The fraction of sp³-hybridized carbons (Fsp3) is 0.300. The first-order valence-electron chi connectivity index (χ1n) is 8.29. The lowest BCUT2D eigenvalue weighted by Gasteiger charge is -2.17. The number of hydrogen-bond acceptors (Lipinski definition) is 3. The van der Waals surface area contributed by atoms with Crippen molar-refractivity contribution in [1.29, 1.82) is 0 Å². The molecule has 0 bridgehead atoms. The number of halogens is 1. The molecule has 0 fully saturated rings. The highest BCUT2D eigenvalue weighted by Crippen LogP contribution is 2.19. The molecule has 5 nitrogen and oxygen atoms in total. The minimum Gasteiger partial charge on any atom is -0.497 e. The Morgan fingerprint density at radius 3 is 2.46 bits per heavy atom. The number of carbonyl (C=O) groups is 2. The summed E-state index contributed by atoms with van der Waals surface area (Å²) in [5, 5.41) is 12.0. The molecule has 26 heavy (non-hydrogen) atoms. The molecule has 2 N–H and O–H groups in total. The van der Waals surface area contributed by atoms with Crippen LogP contribution in [0, 0.1) is 11.7 Å². The molecule has 0 saturated carbocycles. The topological polar surface area (TPSA) is 75.6 Å². The molecular weight excluding hydrogens is 337 g/mol. The van der Waals surface area contributed by atoms with Crippen LogP contribution in [0.3, 0.4) is 0 Å². The fourth-order valence-electron chi connectivity index (χ4n) is 2.76. The number of carboxylic acid groups (broad SMARTS) is 1. The van der Waals surface area contributed by atoms with Gasteiger partial charge in [0.05, 0.1) is 7.11 Å². The summed E-state index contributed by atoms with van der Waals surface area (Å²) in [6, 6.07) is 11.6. The Hall–Kier alpha value is -2.89. The van der Waals surface area contributed by atoms with Crippen LogP contribution in [-0.2, 0) is 16.0 Å². The zero-order valence-corrected chi connectivity index (χ0v) is 14.7. The van der Waals surface area contributed by atoms with Gasteiger partial charge in [-0.05, 0) is 47.7 Å². The van der Waals surface area contributed by atoms with Gasteiger partial charge >= 0.3 is 5.97 Å². The van der Waals surface area contributed by atoms with Crippen molar-refractivity contribution < 1.29 is 23.8 Å². The lowest BCUT2D eigenvalue weighted by molar-refractivity contribution is -0.142. The van der Waals surface area contributed by atoms with Crippen LogP contribution in [0.4, 0.5) is 4.39 Å². The van der Waals surface area contributed by atoms with Gasteiger partial charge in [0.15, 0.2) is 6.04 Å². The van der Waals surface area contributed by atoms with Crippen LogP contribution in [0.15, 0.2) is 48.5 Å². The number of aliphatic carboxylic acids is 1. The summed E-state index contributed by atoms with van der Waals surface area (Å²) >= 11 is 0. The van der Waals surface area contributed by atoms with Crippen molar-refractivity contribution in [1.82, 2.24) is 5.32 Å². The lowest BCUT2D eigenvalue weighted by Crippen LogP contribution is -2.34. The maximum Gasteiger partial charge on any atom is 0.330 e. The molecule has 2 rings (SSSR count). The maximum absolute atomic E-state index is 13.2. The van der Waals surface area contributed by atoms with Crippen LogP contribution >= 0.6 is 0 Å². The van der Waals surface area contributed by atoms with Gasteiger partial charge in [-0.3, -0.25) is 4.79 Å². The standard InChI is InChI=1S/C20H22FNO4/c1-13(10-14-4-3-5-16(21)12-14)11-18(23)22-19(20(24)25)15-6-8-17(26-2)9-7-15/h3-9,12-13,19H,10-11H2,1-2H3,(H,22,23)(H,24,25). The van der Waals surface area contributed by atoms with E-state index >= 15 is 0 Å². The predicted octanol–water partition coefficient (Wildman–Crippen LogP) is 3.35. The number of carboxylic acids is 1. The van der Waals surface area contributed by atoms with E-state index < -0.39 is 12.0 Å². The van der Waals surface area contributed by atoms with Crippen molar-refractivity contribution in [3.63, 3.8) is 0 Å². The second-order valence-electron chi connectivity index (χ2n) is 6.26. The zero-order valence-electron chi connectivity index (χ0n) is 14.7. The maximum atomic E-state index is 13.2. The summed E-state index contributed by atoms with van der Waals surface area (Å²) in [7, 11) is 1.52. The third-order valence-electron chi connectivity index (χ3n) is 4.01. The molecule has 0 aliphatic rings. The Morgan fingerprint density at radius 2 is 1.88 bits per heavy atom. The third kappa shape index (κ3) is 5.58. The van der Waals surface area contributed by atoms with Crippen molar-refractivity contribution in [3.05, 3.63) is 65.5 Å². The Balaban J connectivity index is 1.97. The number of nitrogens with one attached hydrogen (secondary N) is 1. The van der Waals surface area contributed by atoms with Crippen LogP contribution in [0.5, 0.6) is 5.75 Å². The summed E-state index contributed by atoms with van der Waals surface area (Å²) in [5.41, 5.74) is 1.26. The van der Waals surface area contributed by atoms with Crippen molar-refractivity contribution in [2.75, 3.05) is 7.11 Å². The van der Waals surface area contributed by atoms with Gasteiger partial charge in [0.25, 0.3) is 0 Å². The summed E-state index contributed by atoms with van der Waals surface area (Å²) < 4.78 is 18.3. The molecule has 138 valence electrons. The molecule has 2 aromatic carbocycles. The van der Waals surface area contributed by atoms with E-state index in [1.165, 1.54) is 19.2 Å². The van der Waals surface area contributed by atoms with Gasteiger partial charge in [0.2, 0.25) is 5.91 Å². The van der Waals surface area contributed by atoms with E-state index in [0.717, 1.165) is 5.56 Å². The molecule has 0 radical (unpaired) electrons. The van der Waals surface area contributed by atoms with Crippen molar-refractivity contribution >= 4 is 11.9 Å². The molecule has 2 atom stereocenters. The molecule has 0 heterocycles. The largest absolute Gasteiger partial charge is 0.497 e. The summed E-state index contributed by atoms with van der Waals surface area (Å²) in [4.78, 5) is 23.8. The molecular formula is C20H22FNO4.